The second-order valence-corrected chi connectivity index (χ2v) is 5.00. The number of ether oxygens (including phenoxy) is 1. The zero-order valence-electron chi connectivity index (χ0n) is 9.76. The van der Waals surface area contributed by atoms with Crippen molar-refractivity contribution in [3.63, 3.8) is 0 Å². The summed E-state index contributed by atoms with van der Waals surface area (Å²) in [5.74, 6) is -0.417. The van der Waals surface area contributed by atoms with Crippen LogP contribution in [0, 0.1) is 0 Å². The van der Waals surface area contributed by atoms with Crippen LogP contribution >= 0.6 is 15.9 Å². The van der Waals surface area contributed by atoms with Crippen LogP contribution in [0.3, 0.4) is 0 Å². The van der Waals surface area contributed by atoms with E-state index in [1.165, 1.54) is 6.07 Å². The summed E-state index contributed by atoms with van der Waals surface area (Å²) >= 11 is 3.22. The molecule has 0 fully saturated rings. The molecule has 0 aliphatic carbocycles. The van der Waals surface area contributed by atoms with E-state index in [0.717, 1.165) is 0 Å². The van der Waals surface area contributed by atoms with E-state index in [2.05, 4.69) is 21.2 Å². The minimum absolute atomic E-state index is 0.0236. The van der Waals surface area contributed by atoms with E-state index in [0.29, 0.717) is 23.0 Å². The molecule has 19 heavy (non-hydrogen) atoms. The SMILES string of the molecule is O=C1NCCc2cc(Br)cc(OC(CF)C(F)F)c21. The first kappa shape index (κ1) is 14.2. The van der Waals surface area contributed by atoms with Gasteiger partial charge in [0.2, 0.25) is 0 Å². The van der Waals surface area contributed by atoms with Crippen LogP contribution in [-0.4, -0.2) is 31.7 Å². The molecule has 0 saturated heterocycles. The second-order valence-electron chi connectivity index (χ2n) is 4.09. The van der Waals surface area contributed by atoms with Gasteiger partial charge in [0.1, 0.15) is 12.4 Å². The minimum Gasteiger partial charge on any atom is -0.481 e. The highest BCUT2D eigenvalue weighted by Crippen LogP contribution is 2.31. The van der Waals surface area contributed by atoms with Crippen molar-refractivity contribution in [2.24, 2.45) is 0 Å². The lowest BCUT2D eigenvalue weighted by Crippen LogP contribution is -2.34. The number of fused-ring (bicyclic) bond motifs is 1. The van der Waals surface area contributed by atoms with Gasteiger partial charge in [-0.05, 0) is 24.1 Å². The number of nitrogens with one attached hydrogen (secondary N) is 1. The van der Waals surface area contributed by atoms with Crippen LogP contribution in [0.15, 0.2) is 16.6 Å². The number of amides is 1. The van der Waals surface area contributed by atoms with Crippen molar-refractivity contribution >= 4 is 21.8 Å². The molecule has 0 spiro atoms. The zero-order valence-corrected chi connectivity index (χ0v) is 11.3. The van der Waals surface area contributed by atoms with E-state index in [1.54, 1.807) is 6.07 Å². The van der Waals surface area contributed by atoms with E-state index < -0.39 is 25.1 Å². The number of halogens is 4. The summed E-state index contributed by atoms with van der Waals surface area (Å²) in [5.41, 5.74) is 0.897. The molecule has 3 nitrogen and oxygen atoms in total. The number of benzene rings is 1. The van der Waals surface area contributed by atoms with Crippen LogP contribution in [0.5, 0.6) is 5.75 Å². The maximum atomic E-state index is 12.5. The molecule has 1 unspecified atom stereocenters. The third kappa shape index (κ3) is 3.02. The van der Waals surface area contributed by atoms with E-state index in [1.807, 2.05) is 0 Å². The third-order valence-corrected chi connectivity index (χ3v) is 3.22. The van der Waals surface area contributed by atoms with Crippen LogP contribution < -0.4 is 10.1 Å². The van der Waals surface area contributed by atoms with E-state index >= 15 is 0 Å². The molecule has 0 saturated carbocycles. The van der Waals surface area contributed by atoms with Gasteiger partial charge in [-0.1, -0.05) is 15.9 Å². The molecule has 0 bridgehead atoms. The largest absolute Gasteiger partial charge is 0.481 e. The van der Waals surface area contributed by atoms with Gasteiger partial charge in [0.15, 0.2) is 6.10 Å². The first-order chi connectivity index (χ1) is 9.02. The Morgan fingerprint density at radius 2 is 2.16 bits per heavy atom. The average Bonchev–Trinajstić information content (AvgIpc) is 2.34. The summed E-state index contributed by atoms with van der Waals surface area (Å²) in [4.78, 5) is 11.8. The van der Waals surface area contributed by atoms with Crippen molar-refractivity contribution in [2.75, 3.05) is 13.2 Å². The topological polar surface area (TPSA) is 38.3 Å². The van der Waals surface area contributed by atoms with E-state index in [9.17, 15) is 18.0 Å². The normalized spacial score (nSPS) is 15.9. The highest BCUT2D eigenvalue weighted by molar-refractivity contribution is 9.10. The lowest BCUT2D eigenvalue weighted by molar-refractivity contribution is -0.00173. The van der Waals surface area contributed by atoms with Crippen molar-refractivity contribution in [1.82, 2.24) is 5.32 Å². The van der Waals surface area contributed by atoms with Crippen molar-refractivity contribution in [2.45, 2.75) is 19.0 Å². The summed E-state index contributed by atoms with van der Waals surface area (Å²) in [6.45, 7) is -0.844. The Labute approximate surface area is 116 Å². The van der Waals surface area contributed by atoms with Crippen molar-refractivity contribution in [3.8, 4) is 5.75 Å². The quantitative estimate of drug-likeness (QED) is 0.917. The molecule has 1 atom stereocenters. The minimum atomic E-state index is -2.95. The number of hydrogen-bond acceptors (Lipinski definition) is 2. The highest BCUT2D eigenvalue weighted by Gasteiger charge is 2.27. The zero-order chi connectivity index (χ0) is 14.0. The molecule has 2 rings (SSSR count). The number of carbonyl (C=O) groups is 1. The van der Waals surface area contributed by atoms with Gasteiger partial charge in [0.25, 0.3) is 12.3 Å². The molecular weight excluding hydrogens is 327 g/mol. The van der Waals surface area contributed by atoms with Crippen LogP contribution in [0.25, 0.3) is 0 Å². The summed E-state index contributed by atoms with van der Waals surface area (Å²) < 4.78 is 43.1. The van der Waals surface area contributed by atoms with E-state index in [4.69, 9.17) is 4.74 Å². The Balaban J connectivity index is 2.39. The van der Waals surface area contributed by atoms with E-state index in [-0.39, 0.29) is 11.3 Å². The highest BCUT2D eigenvalue weighted by atomic mass is 79.9. The Hall–Kier alpha value is -1.24. The summed E-state index contributed by atoms with van der Waals surface area (Å²) in [6.07, 6.45) is -4.24. The number of alkyl halides is 3. The fourth-order valence-corrected chi connectivity index (χ4v) is 2.38. The smallest absolute Gasteiger partial charge is 0.277 e. The van der Waals surface area contributed by atoms with Gasteiger partial charge in [0, 0.05) is 11.0 Å². The maximum Gasteiger partial charge on any atom is 0.277 e. The molecule has 0 radical (unpaired) electrons. The van der Waals surface area contributed by atoms with Gasteiger partial charge in [-0.3, -0.25) is 4.79 Å². The molecular formula is C12H11BrF3NO2. The van der Waals surface area contributed by atoms with Crippen molar-refractivity contribution in [1.29, 1.82) is 0 Å². The number of hydrogen-bond donors (Lipinski definition) is 1. The predicted molar refractivity (Wildman–Crippen MR) is 66.6 cm³/mol. The fraction of sp³-hybridized carbons (Fsp3) is 0.417. The van der Waals surface area contributed by atoms with Gasteiger partial charge in [0.05, 0.1) is 5.56 Å². The first-order valence-electron chi connectivity index (χ1n) is 5.64. The van der Waals surface area contributed by atoms with Crippen molar-refractivity contribution in [3.05, 3.63) is 27.7 Å². The van der Waals surface area contributed by atoms with Crippen LogP contribution in [0.1, 0.15) is 15.9 Å². The predicted octanol–water partition coefficient (Wildman–Crippen LogP) is 2.72. The maximum absolute atomic E-state index is 12.5. The second kappa shape index (κ2) is 5.81. The molecule has 7 heteroatoms. The molecule has 1 heterocycles. The van der Waals surface area contributed by atoms with Gasteiger partial charge in [-0.15, -0.1) is 0 Å². The van der Waals surface area contributed by atoms with Crippen LogP contribution in [0.4, 0.5) is 13.2 Å². The fourth-order valence-electron chi connectivity index (χ4n) is 1.90. The Morgan fingerprint density at radius 3 is 2.79 bits per heavy atom. The summed E-state index contributed by atoms with van der Waals surface area (Å²) in [6, 6.07) is 3.13. The monoisotopic (exact) mass is 337 g/mol. The standard InChI is InChI=1S/C12H11BrF3NO2/c13-7-3-6-1-2-17-12(18)10(6)8(4-7)19-9(5-14)11(15)16/h3-4,9,11H,1-2,5H2,(H,17,18). The molecule has 1 aliphatic heterocycles. The summed E-state index contributed by atoms with van der Waals surface area (Å²) in [7, 11) is 0. The van der Waals surface area contributed by atoms with Crippen LogP contribution in [-0.2, 0) is 6.42 Å². The Kier molecular flexibility index (Phi) is 4.34. The van der Waals surface area contributed by atoms with Gasteiger partial charge in [-0.2, -0.15) is 0 Å². The van der Waals surface area contributed by atoms with Gasteiger partial charge in [-0.25, -0.2) is 13.2 Å². The molecule has 1 aromatic carbocycles. The lowest BCUT2D eigenvalue weighted by atomic mass is 9.99. The molecule has 0 aromatic heterocycles. The van der Waals surface area contributed by atoms with Crippen molar-refractivity contribution < 1.29 is 22.7 Å². The van der Waals surface area contributed by atoms with Crippen LogP contribution in [0.2, 0.25) is 0 Å². The van der Waals surface area contributed by atoms with Gasteiger partial charge < -0.3 is 10.1 Å². The molecule has 104 valence electrons. The summed E-state index contributed by atoms with van der Waals surface area (Å²) in [5, 5.41) is 2.60. The Bertz CT molecular complexity index is 496. The third-order valence-electron chi connectivity index (χ3n) is 2.77. The molecule has 1 amide bonds. The molecule has 1 aliphatic rings. The lowest BCUT2D eigenvalue weighted by Gasteiger charge is -2.22. The van der Waals surface area contributed by atoms with Gasteiger partial charge >= 0.3 is 0 Å². The molecule has 1 N–H and O–H groups in total. The number of carbonyl (C=O) groups excluding carboxylic acids is 1. The number of rotatable bonds is 4. The average molecular weight is 338 g/mol. The first-order valence-corrected chi connectivity index (χ1v) is 6.43. The molecule has 1 aromatic rings. The Morgan fingerprint density at radius 1 is 1.42 bits per heavy atom.